The molecule has 3 aliphatic rings. The van der Waals surface area contributed by atoms with E-state index in [2.05, 4.69) is 25.9 Å². The number of halogens is 1. The minimum atomic E-state index is -0.460. The van der Waals surface area contributed by atoms with Crippen molar-refractivity contribution < 1.29 is 14.0 Å². The number of piperidine rings is 1. The molecule has 1 atom stereocenters. The Morgan fingerprint density at radius 3 is 2.40 bits per heavy atom. The van der Waals surface area contributed by atoms with Crippen LogP contribution in [0.1, 0.15) is 58.3 Å². The Bertz CT molecular complexity index is 779. The molecule has 1 aliphatic heterocycles. The number of rotatable bonds is 6. The summed E-state index contributed by atoms with van der Waals surface area (Å²) in [6.45, 7) is 2.70. The summed E-state index contributed by atoms with van der Waals surface area (Å²) in [7, 11) is 0. The number of nitrogens with one attached hydrogen (secondary N) is 3. The highest BCUT2D eigenvalue weighted by atomic mass is 19.1. The summed E-state index contributed by atoms with van der Waals surface area (Å²) < 4.78 is 14.5. The third-order valence-corrected chi connectivity index (χ3v) is 6.21. The summed E-state index contributed by atoms with van der Waals surface area (Å²) in [6.07, 6.45) is 8.58. The van der Waals surface area contributed by atoms with Crippen molar-refractivity contribution in [3.05, 3.63) is 12.0 Å². The summed E-state index contributed by atoms with van der Waals surface area (Å²) in [5, 5.41) is 9.35. The van der Waals surface area contributed by atoms with E-state index in [0.29, 0.717) is 25.1 Å². The average Bonchev–Trinajstić information content (AvgIpc) is 3.54. The maximum Gasteiger partial charge on any atom is 0.225 e. The zero-order chi connectivity index (χ0) is 21.1. The number of aromatic nitrogens is 2. The number of carbonyl (C=O) groups is 2. The van der Waals surface area contributed by atoms with E-state index in [-0.39, 0.29) is 35.6 Å². The van der Waals surface area contributed by atoms with Gasteiger partial charge in [-0.15, -0.1) is 0 Å². The van der Waals surface area contributed by atoms with Crippen LogP contribution in [0.2, 0.25) is 0 Å². The lowest BCUT2D eigenvalue weighted by Crippen LogP contribution is -2.44. The molecule has 3 N–H and O–H groups in total. The van der Waals surface area contributed by atoms with Crippen LogP contribution in [-0.2, 0) is 9.59 Å². The summed E-state index contributed by atoms with van der Waals surface area (Å²) in [4.78, 5) is 34.1. The molecule has 1 saturated heterocycles. The van der Waals surface area contributed by atoms with Gasteiger partial charge in [-0.1, -0.05) is 0 Å². The highest BCUT2D eigenvalue weighted by Gasteiger charge is 2.32. The summed E-state index contributed by atoms with van der Waals surface area (Å²) in [6, 6.07) is 0.754. The fraction of sp³-hybridized carbons (Fsp3) is 0.714. The van der Waals surface area contributed by atoms with Crippen LogP contribution in [0.4, 0.5) is 16.2 Å². The van der Waals surface area contributed by atoms with Crippen LogP contribution < -0.4 is 20.9 Å². The van der Waals surface area contributed by atoms with Gasteiger partial charge in [0.05, 0.1) is 12.1 Å². The van der Waals surface area contributed by atoms with Crippen molar-refractivity contribution in [2.24, 2.45) is 5.92 Å². The number of nitrogens with zero attached hydrogens (tertiary/aromatic N) is 3. The molecule has 0 spiro atoms. The molecule has 4 rings (SSSR count). The Kier molecular flexibility index (Phi) is 6.34. The zero-order valence-electron chi connectivity index (χ0n) is 17.5. The second-order valence-corrected chi connectivity index (χ2v) is 8.83. The van der Waals surface area contributed by atoms with E-state index >= 15 is 0 Å². The van der Waals surface area contributed by atoms with Gasteiger partial charge in [-0.2, -0.15) is 4.98 Å². The minimum absolute atomic E-state index is 0.00330. The van der Waals surface area contributed by atoms with Crippen LogP contribution in [0.5, 0.6) is 0 Å². The predicted molar refractivity (Wildman–Crippen MR) is 112 cm³/mol. The maximum absolute atomic E-state index is 14.5. The molecule has 9 heteroatoms. The van der Waals surface area contributed by atoms with Crippen molar-refractivity contribution >= 4 is 23.6 Å². The highest BCUT2D eigenvalue weighted by molar-refractivity contribution is 5.80. The van der Waals surface area contributed by atoms with Gasteiger partial charge in [0.15, 0.2) is 11.6 Å². The molecule has 0 aromatic carbocycles. The lowest BCUT2D eigenvalue weighted by atomic mass is 9.91. The molecular formula is C21H31FN6O2. The van der Waals surface area contributed by atoms with Crippen molar-refractivity contribution in [2.45, 2.75) is 76.4 Å². The molecule has 1 aromatic heterocycles. The number of anilines is 2. The van der Waals surface area contributed by atoms with E-state index in [1.165, 1.54) is 6.20 Å². The van der Waals surface area contributed by atoms with Crippen LogP contribution in [0.25, 0.3) is 0 Å². The minimum Gasteiger partial charge on any atom is -0.354 e. The van der Waals surface area contributed by atoms with E-state index < -0.39 is 5.82 Å². The van der Waals surface area contributed by atoms with Crippen LogP contribution in [-0.4, -0.2) is 53.0 Å². The Hall–Kier alpha value is -2.45. The fourth-order valence-corrected chi connectivity index (χ4v) is 4.43. The van der Waals surface area contributed by atoms with Crippen LogP contribution in [0, 0.1) is 11.7 Å². The van der Waals surface area contributed by atoms with Gasteiger partial charge in [-0.05, 0) is 51.4 Å². The van der Waals surface area contributed by atoms with Crippen molar-refractivity contribution in [1.29, 1.82) is 0 Å². The Balaban J connectivity index is 1.36. The van der Waals surface area contributed by atoms with Gasteiger partial charge in [0.2, 0.25) is 17.8 Å². The van der Waals surface area contributed by atoms with E-state index in [4.69, 9.17) is 0 Å². The molecule has 3 fully saturated rings. The van der Waals surface area contributed by atoms with Gasteiger partial charge in [0.25, 0.3) is 0 Å². The first kappa shape index (κ1) is 20.8. The largest absolute Gasteiger partial charge is 0.354 e. The van der Waals surface area contributed by atoms with Gasteiger partial charge in [-0.3, -0.25) is 9.59 Å². The van der Waals surface area contributed by atoms with Crippen LogP contribution in [0.3, 0.4) is 0 Å². The fourth-order valence-electron chi connectivity index (χ4n) is 4.43. The van der Waals surface area contributed by atoms with Gasteiger partial charge in [-0.25, -0.2) is 9.37 Å². The molecule has 2 amide bonds. The first-order chi connectivity index (χ1) is 14.5. The Morgan fingerprint density at radius 1 is 1.03 bits per heavy atom. The van der Waals surface area contributed by atoms with Gasteiger partial charge in [0.1, 0.15) is 0 Å². The average molecular weight is 419 g/mol. The lowest BCUT2D eigenvalue weighted by Gasteiger charge is -2.33. The molecule has 2 heterocycles. The Morgan fingerprint density at radius 2 is 1.70 bits per heavy atom. The normalized spacial score (nSPS) is 26.7. The van der Waals surface area contributed by atoms with Gasteiger partial charge in [0, 0.05) is 38.1 Å². The molecule has 1 aromatic rings. The first-order valence-electron chi connectivity index (χ1n) is 11.1. The van der Waals surface area contributed by atoms with Crippen molar-refractivity contribution in [1.82, 2.24) is 20.6 Å². The summed E-state index contributed by atoms with van der Waals surface area (Å²) >= 11 is 0. The molecule has 2 aliphatic carbocycles. The lowest BCUT2D eigenvalue weighted by molar-refractivity contribution is -0.125. The molecule has 8 nitrogen and oxygen atoms in total. The second-order valence-electron chi connectivity index (χ2n) is 8.83. The molecule has 0 unspecified atom stereocenters. The van der Waals surface area contributed by atoms with Crippen molar-refractivity contribution in [2.75, 3.05) is 23.3 Å². The Labute approximate surface area is 176 Å². The predicted octanol–water partition coefficient (Wildman–Crippen LogP) is 1.97. The van der Waals surface area contributed by atoms with E-state index in [0.717, 1.165) is 51.4 Å². The van der Waals surface area contributed by atoms with Crippen molar-refractivity contribution in [3.8, 4) is 0 Å². The molecule has 30 heavy (non-hydrogen) atoms. The van der Waals surface area contributed by atoms with Gasteiger partial charge < -0.3 is 20.9 Å². The third-order valence-electron chi connectivity index (χ3n) is 6.21. The van der Waals surface area contributed by atoms with Crippen LogP contribution in [0.15, 0.2) is 6.20 Å². The smallest absolute Gasteiger partial charge is 0.225 e. The summed E-state index contributed by atoms with van der Waals surface area (Å²) in [5.74, 6) is 0.171. The molecule has 0 bridgehead atoms. The van der Waals surface area contributed by atoms with Crippen LogP contribution >= 0.6 is 0 Å². The molecular weight excluding hydrogens is 387 g/mol. The van der Waals surface area contributed by atoms with E-state index in [1.54, 1.807) is 6.92 Å². The number of hydrogen-bond donors (Lipinski definition) is 3. The monoisotopic (exact) mass is 418 g/mol. The SMILES string of the molecule is CC(=O)N[C@H]1CC[C@H](Nc2ncc(F)c(N3CCC[C@H](C(=O)NC4CC4)C3)n2)CC1. The maximum atomic E-state index is 14.5. The second kappa shape index (κ2) is 9.14. The van der Waals surface area contributed by atoms with E-state index in [9.17, 15) is 14.0 Å². The zero-order valence-corrected chi connectivity index (χ0v) is 17.5. The van der Waals surface area contributed by atoms with E-state index in [1.807, 2.05) is 4.90 Å². The molecule has 164 valence electrons. The first-order valence-corrected chi connectivity index (χ1v) is 11.1. The molecule has 0 radical (unpaired) electrons. The molecule has 2 saturated carbocycles. The van der Waals surface area contributed by atoms with Gasteiger partial charge >= 0.3 is 0 Å². The summed E-state index contributed by atoms with van der Waals surface area (Å²) in [5.41, 5.74) is 0. The number of amides is 2. The van der Waals surface area contributed by atoms with Crippen molar-refractivity contribution in [3.63, 3.8) is 0 Å². The third kappa shape index (κ3) is 5.37. The quantitative estimate of drug-likeness (QED) is 0.653. The highest BCUT2D eigenvalue weighted by Crippen LogP contribution is 2.27. The number of hydrogen-bond acceptors (Lipinski definition) is 6. The standard InChI is InChI=1S/C21H31FN6O2/c1-13(29)24-15-4-8-17(9-5-15)26-21-23-11-18(22)19(27-21)28-10-2-3-14(12-28)20(30)25-16-6-7-16/h11,14-17H,2-10,12H2,1H3,(H,24,29)(H,25,30)(H,23,26,27)/t14-,15-,17-/m0/s1. The number of carbonyl (C=O) groups excluding carboxylic acids is 2. The topological polar surface area (TPSA) is 99.3 Å².